The first-order valence-corrected chi connectivity index (χ1v) is 11.0. The van der Waals surface area contributed by atoms with Gasteiger partial charge in [0.1, 0.15) is 0 Å². The molecule has 3 heterocycles. The van der Waals surface area contributed by atoms with E-state index in [2.05, 4.69) is 10.6 Å². The Hall–Kier alpha value is -3.20. The SMILES string of the molecule is Cc1ccc(C(=O)NC2CC(=O)N(c3ccc(C(=O)N4CCNC(=O)C4)c(C)c3)C2)s1. The van der Waals surface area contributed by atoms with Gasteiger partial charge in [-0.2, -0.15) is 0 Å². The molecule has 162 valence electrons. The van der Waals surface area contributed by atoms with Crippen LogP contribution in [-0.4, -0.2) is 60.7 Å². The highest BCUT2D eigenvalue weighted by atomic mass is 32.1. The van der Waals surface area contributed by atoms with Gasteiger partial charge in [-0.25, -0.2) is 0 Å². The average molecular weight is 441 g/mol. The molecule has 2 fully saturated rings. The van der Waals surface area contributed by atoms with Gasteiger partial charge in [0, 0.05) is 42.2 Å². The van der Waals surface area contributed by atoms with Crippen LogP contribution in [0.15, 0.2) is 30.3 Å². The van der Waals surface area contributed by atoms with Crippen molar-refractivity contribution in [2.75, 3.05) is 31.1 Å². The van der Waals surface area contributed by atoms with Crippen molar-refractivity contribution in [2.24, 2.45) is 0 Å². The van der Waals surface area contributed by atoms with Crippen molar-refractivity contribution in [1.82, 2.24) is 15.5 Å². The second-order valence-corrected chi connectivity index (χ2v) is 9.15. The molecule has 1 atom stereocenters. The number of thiophene rings is 1. The number of rotatable bonds is 4. The number of benzene rings is 1. The molecule has 2 N–H and O–H groups in total. The summed E-state index contributed by atoms with van der Waals surface area (Å²) in [6, 6.07) is 8.67. The molecule has 0 spiro atoms. The van der Waals surface area contributed by atoms with E-state index in [4.69, 9.17) is 0 Å². The standard InChI is InChI=1S/C22H24N4O4S/c1-13-9-16(4-5-17(13)22(30)25-8-7-23-19(27)12-25)26-11-15(10-20(26)28)24-21(29)18-6-3-14(2)31-18/h3-6,9,15H,7-8,10-12H2,1-2H3,(H,23,27)(H,24,29). The summed E-state index contributed by atoms with van der Waals surface area (Å²) < 4.78 is 0. The van der Waals surface area contributed by atoms with E-state index in [0.29, 0.717) is 35.8 Å². The van der Waals surface area contributed by atoms with Crippen LogP contribution in [0, 0.1) is 13.8 Å². The molecule has 2 saturated heterocycles. The summed E-state index contributed by atoms with van der Waals surface area (Å²) in [5.41, 5.74) is 1.95. The van der Waals surface area contributed by atoms with Gasteiger partial charge < -0.3 is 20.4 Å². The molecule has 2 aromatic rings. The molecule has 4 rings (SSSR count). The Morgan fingerprint density at radius 2 is 1.97 bits per heavy atom. The number of nitrogens with zero attached hydrogens (tertiary/aromatic N) is 2. The molecule has 8 nitrogen and oxygen atoms in total. The Morgan fingerprint density at radius 3 is 2.65 bits per heavy atom. The second kappa shape index (κ2) is 8.50. The highest BCUT2D eigenvalue weighted by molar-refractivity contribution is 7.13. The summed E-state index contributed by atoms with van der Waals surface area (Å²) >= 11 is 1.42. The maximum Gasteiger partial charge on any atom is 0.261 e. The van der Waals surface area contributed by atoms with E-state index >= 15 is 0 Å². The number of anilines is 1. The van der Waals surface area contributed by atoms with Crippen molar-refractivity contribution in [3.63, 3.8) is 0 Å². The van der Waals surface area contributed by atoms with E-state index in [0.717, 1.165) is 10.4 Å². The maximum absolute atomic E-state index is 12.8. The largest absolute Gasteiger partial charge is 0.353 e. The van der Waals surface area contributed by atoms with E-state index in [1.54, 1.807) is 23.1 Å². The minimum atomic E-state index is -0.268. The number of nitrogens with one attached hydrogen (secondary N) is 2. The lowest BCUT2D eigenvalue weighted by atomic mass is 10.1. The molecule has 31 heavy (non-hydrogen) atoms. The predicted molar refractivity (Wildman–Crippen MR) is 117 cm³/mol. The van der Waals surface area contributed by atoms with E-state index in [9.17, 15) is 19.2 Å². The fraction of sp³-hybridized carbons (Fsp3) is 0.364. The maximum atomic E-state index is 12.8. The fourth-order valence-corrected chi connectivity index (χ4v) is 4.68. The number of carbonyl (C=O) groups is 4. The first-order valence-electron chi connectivity index (χ1n) is 10.2. The molecule has 0 saturated carbocycles. The smallest absolute Gasteiger partial charge is 0.261 e. The van der Waals surface area contributed by atoms with Crippen LogP contribution in [-0.2, 0) is 9.59 Å². The Balaban J connectivity index is 1.44. The van der Waals surface area contributed by atoms with E-state index < -0.39 is 0 Å². The van der Waals surface area contributed by atoms with Crippen molar-refractivity contribution < 1.29 is 19.2 Å². The average Bonchev–Trinajstić information content (AvgIpc) is 3.33. The number of aryl methyl sites for hydroxylation is 2. The molecule has 0 radical (unpaired) electrons. The van der Waals surface area contributed by atoms with Gasteiger partial charge in [0.15, 0.2) is 0 Å². The van der Waals surface area contributed by atoms with E-state index in [-0.39, 0.29) is 42.6 Å². The van der Waals surface area contributed by atoms with Crippen molar-refractivity contribution in [3.8, 4) is 0 Å². The molecule has 9 heteroatoms. The zero-order valence-electron chi connectivity index (χ0n) is 17.4. The molecule has 1 aromatic heterocycles. The lowest BCUT2D eigenvalue weighted by molar-refractivity contribution is -0.123. The van der Waals surface area contributed by atoms with Gasteiger partial charge >= 0.3 is 0 Å². The highest BCUT2D eigenvalue weighted by Crippen LogP contribution is 2.25. The molecule has 1 unspecified atom stereocenters. The van der Waals surface area contributed by atoms with Crippen LogP contribution in [0.4, 0.5) is 5.69 Å². The summed E-state index contributed by atoms with van der Waals surface area (Å²) in [7, 11) is 0. The monoisotopic (exact) mass is 440 g/mol. The first-order chi connectivity index (χ1) is 14.8. The first kappa shape index (κ1) is 21.0. The lowest BCUT2D eigenvalue weighted by Crippen LogP contribution is -2.50. The summed E-state index contributed by atoms with van der Waals surface area (Å²) in [6.07, 6.45) is 0.235. The van der Waals surface area contributed by atoms with Crippen molar-refractivity contribution in [2.45, 2.75) is 26.3 Å². The third kappa shape index (κ3) is 4.46. The molecule has 0 bridgehead atoms. The predicted octanol–water partition coefficient (Wildman–Crippen LogP) is 1.47. The number of hydrogen-bond acceptors (Lipinski definition) is 5. The molecular weight excluding hydrogens is 416 g/mol. The molecular formula is C22H24N4O4S. The number of hydrogen-bond donors (Lipinski definition) is 2. The zero-order valence-corrected chi connectivity index (χ0v) is 18.3. The summed E-state index contributed by atoms with van der Waals surface area (Å²) in [4.78, 5) is 54.2. The molecule has 2 aliphatic rings. The zero-order chi connectivity index (χ0) is 22.1. The number of amides is 4. The quantitative estimate of drug-likeness (QED) is 0.752. The number of piperazine rings is 1. The van der Waals surface area contributed by atoms with Crippen LogP contribution in [0.5, 0.6) is 0 Å². The van der Waals surface area contributed by atoms with E-state index in [1.807, 2.05) is 26.0 Å². The Bertz CT molecular complexity index is 1060. The van der Waals surface area contributed by atoms with Crippen LogP contribution in [0.25, 0.3) is 0 Å². The Kier molecular flexibility index (Phi) is 5.77. The molecule has 1 aromatic carbocycles. The van der Waals surface area contributed by atoms with Gasteiger partial charge in [-0.3, -0.25) is 19.2 Å². The third-order valence-electron chi connectivity index (χ3n) is 5.50. The van der Waals surface area contributed by atoms with Gasteiger partial charge in [0.05, 0.1) is 17.5 Å². The van der Waals surface area contributed by atoms with Gasteiger partial charge in [-0.15, -0.1) is 11.3 Å². The molecule has 2 aliphatic heterocycles. The van der Waals surface area contributed by atoms with Crippen molar-refractivity contribution in [1.29, 1.82) is 0 Å². The third-order valence-corrected chi connectivity index (χ3v) is 6.50. The van der Waals surface area contributed by atoms with Crippen molar-refractivity contribution >= 4 is 40.7 Å². The van der Waals surface area contributed by atoms with Gasteiger partial charge in [0.2, 0.25) is 11.8 Å². The van der Waals surface area contributed by atoms with Crippen LogP contribution >= 0.6 is 11.3 Å². The molecule has 0 aliphatic carbocycles. The van der Waals surface area contributed by atoms with Crippen LogP contribution in [0.3, 0.4) is 0 Å². The topological polar surface area (TPSA) is 98.8 Å². The Labute approximate surface area is 184 Å². The van der Waals surface area contributed by atoms with Gasteiger partial charge in [0.25, 0.3) is 11.8 Å². The minimum absolute atomic E-state index is 0.0514. The van der Waals surface area contributed by atoms with Crippen molar-refractivity contribution in [3.05, 3.63) is 51.2 Å². The normalized spacial score (nSPS) is 18.8. The number of carbonyl (C=O) groups excluding carboxylic acids is 4. The molecule has 4 amide bonds. The second-order valence-electron chi connectivity index (χ2n) is 7.87. The lowest BCUT2D eigenvalue weighted by Gasteiger charge is -2.27. The van der Waals surface area contributed by atoms with Gasteiger partial charge in [-0.1, -0.05) is 0 Å². The minimum Gasteiger partial charge on any atom is -0.353 e. The highest BCUT2D eigenvalue weighted by Gasteiger charge is 2.32. The van der Waals surface area contributed by atoms with Crippen LogP contribution in [0.2, 0.25) is 0 Å². The summed E-state index contributed by atoms with van der Waals surface area (Å²) in [5, 5.41) is 5.65. The summed E-state index contributed by atoms with van der Waals surface area (Å²) in [6.45, 7) is 5.12. The van der Waals surface area contributed by atoms with Gasteiger partial charge in [-0.05, 0) is 49.7 Å². The summed E-state index contributed by atoms with van der Waals surface area (Å²) in [5.74, 6) is -0.593. The van der Waals surface area contributed by atoms with Crippen LogP contribution < -0.4 is 15.5 Å². The Morgan fingerprint density at radius 1 is 1.16 bits per heavy atom. The van der Waals surface area contributed by atoms with E-state index in [1.165, 1.54) is 16.2 Å². The fourth-order valence-electron chi connectivity index (χ4n) is 3.90. The van der Waals surface area contributed by atoms with Crippen LogP contribution in [0.1, 0.15) is 36.9 Å².